The zero-order valence-electron chi connectivity index (χ0n) is 14.2. The van der Waals surface area contributed by atoms with Gasteiger partial charge in [-0.15, -0.1) is 0 Å². The summed E-state index contributed by atoms with van der Waals surface area (Å²) in [6, 6.07) is 2.48. The lowest BCUT2D eigenvalue weighted by Gasteiger charge is -2.56. The summed E-state index contributed by atoms with van der Waals surface area (Å²) >= 11 is 0. The van der Waals surface area contributed by atoms with Crippen LogP contribution in [0.25, 0.3) is 6.08 Å². The highest BCUT2D eigenvalue weighted by Gasteiger charge is 2.64. The summed E-state index contributed by atoms with van der Waals surface area (Å²) in [5, 5.41) is 10.7. The fraction of sp³-hybridized carbons (Fsp3) is 0.500. The minimum Gasteiger partial charge on any atom is -0.493 e. The molecule has 0 radical (unpaired) electrons. The number of ether oxygens (including phenoxy) is 2. The van der Waals surface area contributed by atoms with Crippen molar-refractivity contribution in [2.45, 2.75) is 36.5 Å². The maximum absolute atomic E-state index is 10.7. The molecule has 1 saturated heterocycles. The summed E-state index contributed by atoms with van der Waals surface area (Å²) < 4.78 is 12.0. The molecule has 1 aromatic rings. The van der Waals surface area contributed by atoms with E-state index < -0.39 is 6.10 Å². The van der Waals surface area contributed by atoms with E-state index in [9.17, 15) is 5.11 Å². The number of benzene rings is 1. The minimum absolute atomic E-state index is 0.138. The predicted molar refractivity (Wildman–Crippen MR) is 92.6 cm³/mol. The van der Waals surface area contributed by atoms with E-state index >= 15 is 0 Å². The van der Waals surface area contributed by atoms with Crippen LogP contribution in [0.3, 0.4) is 0 Å². The summed E-state index contributed by atoms with van der Waals surface area (Å²) in [7, 11) is 3.89. The van der Waals surface area contributed by atoms with Gasteiger partial charge in [-0.1, -0.05) is 24.8 Å². The van der Waals surface area contributed by atoms with Crippen molar-refractivity contribution in [2.24, 2.45) is 5.92 Å². The maximum Gasteiger partial charge on any atom is 0.166 e. The van der Waals surface area contributed by atoms with Crippen LogP contribution >= 0.6 is 0 Å². The summed E-state index contributed by atoms with van der Waals surface area (Å²) in [4.78, 5) is 2.47. The number of aliphatic hydroxyl groups is 1. The third-order valence-electron chi connectivity index (χ3n) is 6.74. The summed E-state index contributed by atoms with van der Waals surface area (Å²) in [5.74, 6) is 1.98. The zero-order valence-corrected chi connectivity index (χ0v) is 14.2. The van der Waals surface area contributed by atoms with E-state index in [4.69, 9.17) is 9.47 Å². The molecule has 1 fully saturated rings. The highest BCUT2D eigenvalue weighted by molar-refractivity contribution is 5.69. The lowest BCUT2D eigenvalue weighted by atomic mass is 9.53. The molecule has 0 aromatic heterocycles. The number of methoxy groups -OCH3 is 1. The molecule has 0 saturated carbocycles. The third kappa shape index (κ3) is 1.47. The number of rotatable bonds is 2. The molecule has 1 spiro atoms. The first-order valence-corrected chi connectivity index (χ1v) is 8.72. The summed E-state index contributed by atoms with van der Waals surface area (Å²) in [6.07, 6.45) is 7.29. The van der Waals surface area contributed by atoms with Crippen molar-refractivity contribution in [3.8, 4) is 11.5 Å². The second-order valence-electron chi connectivity index (χ2n) is 7.54. The van der Waals surface area contributed by atoms with Crippen LogP contribution in [0.15, 0.2) is 24.8 Å². The number of aliphatic hydroxyl groups excluding tert-OH is 1. The van der Waals surface area contributed by atoms with Crippen molar-refractivity contribution in [2.75, 3.05) is 20.7 Å². The van der Waals surface area contributed by atoms with Gasteiger partial charge in [0, 0.05) is 22.9 Å². The van der Waals surface area contributed by atoms with Gasteiger partial charge in [-0.2, -0.15) is 0 Å². The molecular weight excluding hydrogens is 302 g/mol. The molecule has 2 aliphatic heterocycles. The normalized spacial score (nSPS) is 38.5. The van der Waals surface area contributed by atoms with Crippen molar-refractivity contribution in [1.29, 1.82) is 0 Å². The van der Waals surface area contributed by atoms with Gasteiger partial charge < -0.3 is 19.5 Å². The average molecular weight is 325 g/mol. The smallest absolute Gasteiger partial charge is 0.166 e. The maximum atomic E-state index is 10.7. The Morgan fingerprint density at radius 3 is 3.04 bits per heavy atom. The van der Waals surface area contributed by atoms with Crippen molar-refractivity contribution in [1.82, 2.24) is 4.90 Å². The molecule has 0 unspecified atom stereocenters. The Balaban J connectivity index is 1.86. The van der Waals surface area contributed by atoms with Gasteiger partial charge in [0.15, 0.2) is 11.5 Å². The highest BCUT2D eigenvalue weighted by atomic mass is 16.5. The Morgan fingerprint density at radius 2 is 2.29 bits per heavy atom. The predicted octanol–water partition coefficient (Wildman–Crippen LogP) is 2.14. The molecule has 5 atom stereocenters. The van der Waals surface area contributed by atoms with Crippen molar-refractivity contribution in [3.05, 3.63) is 41.5 Å². The van der Waals surface area contributed by atoms with Crippen LogP contribution in [0.4, 0.5) is 0 Å². The molecule has 2 heterocycles. The highest BCUT2D eigenvalue weighted by Crippen LogP contribution is 2.63. The Hall–Kier alpha value is -1.78. The van der Waals surface area contributed by atoms with E-state index in [1.165, 1.54) is 11.1 Å². The van der Waals surface area contributed by atoms with Gasteiger partial charge in [0.1, 0.15) is 12.2 Å². The number of hydrogen-bond donors (Lipinski definition) is 1. The topological polar surface area (TPSA) is 41.9 Å². The van der Waals surface area contributed by atoms with Crippen molar-refractivity contribution < 1.29 is 14.6 Å². The average Bonchev–Trinajstić information content (AvgIpc) is 2.94. The number of likely N-dealkylation sites (tertiary alicyclic amines) is 1. The standard InChI is InChI=1S/C20H23NO3/c1-4-11-9-16(23-3)18-17-12(11)10-14-13-5-6-15(22)19(24-18)20(13,17)7-8-21(14)2/h4-6,9,13-15,19,22H,1,7-8,10H2,2-3H3/t13-,14-,15+,19+,20+/m1/s1. The first-order valence-electron chi connectivity index (χ1n) is 8.72. The van der Waals surface area contributed by atoms with E-state index in [1.807, 2.05) is 18.2 Å². The molecule has 2 aliphatic carbocycles. The molecule has 1 N–H and O–H groups in total. The van der Waals surface area contributed by atoms with E-state index in [0.717, 1.165) is 36.4 Å². The second kappa shape index (κ2) is 4.64. The molecule has 2 bridgehead atoms. The Labute approximate surface area is 142 Å². The molecule has 0 amide bonds. The Kier molecular flexibility index (Phi) is 2.82. The molecule has 5 rings (SSSR count). The number of piperidine rings is 1. The van der Waals surface area contributed by atoms with Gasteiger partial charge in [-0.05, 0) is 43.6 Å². The Morgan fingerprint density at radius 1 is 1.46 bits per heavy atom. The molecule has 4 heteroatoms. The molecule has 4 aliphatic rings. The van der Waals surface area contributed by atoms with Gasteiger partial charge in [-0.25, -0.2) is 0 Å². The van der Waals surface area contributed by atoms with Gasteiger partial charge in [-0.3, -0.25) is 0 Å². The van der Waals surface area contributed by atoms with Gasteiger partial charge in [0.25, 0.3) is 0 Å². The van der Waals surface area contributed by atoms with Crippen LogP contribution in [0.1, 0.15) is 23.1 Å². The van der Waals surface area contributed by atoms with Gasteiger partial charge in [0.05, 0.1) is 7.11 Å². The largest absolute Gasteiger partial charge is 0.493 e. The van der Waals surface area contributed by atoms with Crippen molar-refractivity contribution >= 4 is 6.08 Å². The lowest BCUT2D eigenvalue weighted by molar-refractivity contribution is -0.0453. The van der Waals surface area contributed by atoms with Crippen LogP contribution in [-0.2, 0) is 11.8 Å². The van der Waals surface area contributed by atoms with Gasteiger partial charge >= 0.3 is 0 Å². The number of nitrogens with zero attached hydrogens (tertiary/aromatic N) is 1. The Bertz CT molecular complexity index is 771. The summed E-state index contributed by atoms with van der Waals surface area (Å²) in [5.41, 5.74) is 3.61. The van der Waals surface area contributed by atoms with Crippen LogP contribution in [0.2, 0.25) is 0 Å². The lowest BCUT2D eigenvalue weighted by Crippen LogP contribution is -2.64. The molecule has 126 valence electrons. The summed E-state index contributed by atoms with van der Waals surface area (Å²) in [6.45, 7) is 5.04. The van der Waals surface area contributed by atoms with E-state index in [0.29, 0.717) is 12.0 Å². The monoisotopic (exact) mass is 325 g/mol. The third-order valence-corrected chi connectivity index (χ3v) is 6.74. The van der Waals surface area contributed by atoms with E-state index in [-0.39, 0.29) is 11.5 Å². The van der Waals surface area contributed by atoms with Crippen LogP contribution in [-0.4, -0.2) is 49.0 Å². The quantitative estimate of drug-likeness (QED) is 0.846. The fourth-order valence-electron chi connectivity index (χ4n) is 5.67. The molecule has 4 nitrogen and oxygen atoms in total. The SMILES string of the molecule is C=Cc1cc(OC)c2c3c1C[C@@H]1[C@H]4C=C[C@H](O)[C@H](O2)[C@]34CCN1C. The van der Waals surface area contributed by atoms with E-state index in [2.05, 4.69) is 24.6 Å². The number of likely N-dealkylation sites (N-methyl/N-ethyl adjacent to an activating group) is 1. The van der Waals surface area contributed by atoms with Gasteiger partial charge in [0.2, 0.25) is 0 Å². The number of hydrogen-bond acceptors (Lipinski definition) is 4. The second-order valence-corrected chi connectivity index (χ2v) is 7.54. The van der Waals surface area contributed by atoms with Crippen LogP contribution in [0.5, 0.6) is 11.5 Å². The van der Waals surface area contributed by atoms with Crippen LogP contribution in [0, 0.1) is 5.92 Å². The minimum atomic E-state index is -0.569. The first-order chi connectivity index (χ1) is 11.6. The fourth-order valence-corrected chi connectivity index (χ4v) is 5.67. The van der Waals surface area contributed by atoms with Crippen molar-refractivity contribution in [3.63, 3.8) is 0 Å². The van der Waals surface area contributed by atoms with Crippen LogP contribution < -0.4 is 9.47 Å². The zero-order chi connectivity index (χ0) is 16.6. The molecule has 24 heavy (non-hydrogen) atoms. The van der Waals surface area contributed by atoms with E-state index in [1.54, 1.807) is 7.11 Å². The first kappa shape index (κ1) is 14.6. The molecule has 1 aromatic carbocycles. The molecular formula is C20H23NO3.